The standard InChI is InChI=1S/C43H80N2O15/c1-16-30-43(12,51)36(47)25(6)33(44-55-22-32(53-17-2)54-18-3)23(4)20-41(10,50)38(60-40-34(46)29(45(13)14)19-24(5)56-40)26(7)35(27(8)39(49)58-30)59-31-21-42(11,52-15)37(48)28(9)57-31/h23-32,34-38,40,46-48,50-51H,16-22H2,1-15H3/b44-33+/t23-,24-,25+,26+,27-,28+,29+,30-,31+,34-,35+,36-,37+,38?,40+,41-,42-,43-/m1/s1. The molecule has 0 amide bonds. The highest BCUT2D eigenvalue weighted by molar-refractivity contribution is 5.88. The molecule has 60 heavy (non-hydrogen) atoms. The number of oxime groups is 1. The molecule has 352 valence electrons. The molecule has 1 unspecified atom stereocenters. The van der Waals surface area contributed by atoms with E-state index in [-0.39, 0.29) is 38.0 Å². The Kier molecular flexibility index (Phi) is 19.7. The highest BCUT2D eigenvalue weighted by Crippen LogP contribution is 2.41. The van der Waals surface area contributed by atoms with Gasteiger partial charge >= 0.3 is 5.97 Å². The summed E-state index contributed by atoms with van der Waals surface area (Å²) in [6.07, 6.45) is -10.3. The average Bonchev–Trinajstić information content (AvgIpc) is 3.17. The van der Waals surface area contributed by atoms with Gasteiger partial charge in [-0.1, -0.05) is 32.9 Å². The molecule has 0 bridgehead atoms. The molecular weight excluding hydrogens is 784 g/mol. The first kappa shape index (κ1) is 52.8. The third-order valence-corrected chi connectivity index (χ3v) is 12.9. The molecule has 3 aliphatic rings. The summed E-state index contributed by atoms with van der Waals surface area (Å²) in [5, 5.41) is 64.0. The van der Waals surface area contributed by atoms with Crippen LogP contribution in [0.25, 0.3) is 0 Å². The second kappa shape index (κ2) is 22.4. The number of nitrogens with zero attached hydrogens (tertiary/aromatic N) is 2. The van der Waals surface area contributed by atoms with E-state index in [1.165, 1.54) is 14.0 Å². The monoisotopic (exact) mass is 865 g/mol. The Hall–Kier alpha value is -1.58. The molecular formula is C43H80N2O15. The minimum atomic E-state index is -1.98. The summed E-state index contributed by atoms with van der Waals surface area (Å²) in [5.41, 5.74) is -4.51. The molecule has 0 aromatic carbocycles. The summed E-state index contributed by atoms with van der Waals surface area (Å²) in [6, 6.07) is -0.332. The zero-order chi connectivity index (χ0) is 45.5. The number of aliphatic hydroxyl groups is 5. The molecule has 3 fully saturated rings. The van der Waals surface area contributed by atoms with Gasteiger partial charge in [0.25, 0.3) is 0 Å². The molecule has 17 heteroatoms. The number of methoxy groups -OCH3 is 1. The van der Waals surface area contributed by atoms with Crippen LogP contribution in [0.4, 0.5) is 0 Å². The number of hydrogen-bond donors (Lipinski definition) is 5. The molecule has 5 N–H and O–H groups in total. The molecule has 0 spiro atoms. The third kappa shape index (κ3) is 12.6. The summed E-state index contributed by atoms with van der Waals surface area (Å²) in [5.74, 6) is -4.17. The Morgan fingerprint density at radius 1 is 0.883 bits per heavy atom. The Morgan fingerprint density at radius 2 is 1.50 bits per heavy atom. The Morgan fingerprint density at radius 3 is 2.05 bits per heavy atom. The first-order valence-corrected chi connectivity index (χ1v) is 21.9. The largest absolute Gasteiger partial charge is 0.459 e. The van der Waals surface area contributed by atoms with Crippen molar-refractivity contribution in [3.05, 3.63) is 0 Å². The zero-order valence-electron chi connectivity index (χ0n) is 38.9. The topological polar surface area (TPSA) is 217 Å². The maximum absolute atomic E-state index is 14.4. The minimum absolute atomic E-state index is 0.0348. The molecule has 0 radical (unpaired) electrons. The van der Waals surface area contributed by atoms with Crippen molar-refractivity contribution in [3.63, 3.8) is 0 Å². The molecule has 3 aliphatic heterocycles. The third-order valence-electron chi connectivity index (χ3n) is 12.9. The van der Waals surface area contributed by atoms with Gasteiger partial charge in [0.1, 0.15) is 23.9 Å². The lowest BCUT2D eigenvalue weighted by Crippen LogP contribution is -2.61. The summed E-state index contributed by atoms with van der Waals surface area (Å²) in [6.45, 7) is 21.3. The molecule has 17 nitrogen and oxygen atoms in total. The van der Waals surface area contributed by atoms with Gasteiger partial charge in [-0.3, -0.25) is 4.79 Å². The van der Waals surface area contributed by atoms with Crippen molar-refractivity contribution >= 4 is 11.7 Å². The molecule has 0 aromatic rings. The predicted molar refractivity (Wildman–Crippen MR) is 222 cm³/mol. The van der Waals surface area contributed by atoms with Gasteiger partial charge in [-0.05, 0) is 88.7 Å². The van der Waals surface area contributed by atoms with Crippen molar-refractivity contribution in [2.75, 3.05) is 41.0 Å². The van der Waals surface area contributed by atoms with Gasteiger partial charge in [0, 0.05) is 50.5 Å². The maximum atomic E-state index is 14.4. The fourth-order valence-electron chi connectivity index (χ4n) is 9.28. The quantitative estimate of drug-likeness (QED) is 0.0964. The second-order valence-electron chi connectivity index (χ2n) is 18.2. The summed E-state index contributed by atoms with van der Waals surface area (Å²) >= 11 is 0. The SMILES string of the molecule is CCOC(CO/N=C1\[C@H](C)C[C@@](C)(O)C(O[C@@H]2O[C@H](C)C[C@H](N(C)C)[C@H]2O)[C@@H](C)[C@H](O[C@H]2C[C@@](C)(OC)[C@@H](O)[C@H](C)O2)[C@@H](C)C(=O)O[C@H](CC)[C@@](C)(O)[C@H](O)[C@H]1C)OCC. The highest BCUT2D eigenvalue weighted by atomic mass is 16.7. The maximum Gasteiger partial charge on any atom is 0.311 e. The predicted octanol–water partition coefficient (Wildman–Crippen LogP) is 2.99. The van der Waals surface area contributed by atoms with E-state index < -0.39 is 108 Å². The van der Waals surface area contributed by atoms with Gasteiger partial charge in [0.2, 0.25) is 0 Å². The first-order valence-electron chi connectivity index (χ1n) is 21.9. The van der Waals surface area contributed by atoms with Crippen LogP contribution in [0.1, 0.15) is 109 Å². The zero-order valence-corrected chi connectivity index (χ0v) is 38.9. The van der Waals surface area contributed by atoms with Gasteiger partial charge in [-0.15, -0.1) is 0 Å². The van der Waals surface area contributed by atoms with Gasteiger partial charge in [-0.25, -0.2) is 0 Å². The number of hydrogen-bond acceptors (Lipinski definition) is 17. The fourth-order valence-corrected chi connectivity index (χ4v) is 9.28. The van der Waals surface area contributed by atoms with Gasteiger partial charge in [0.05, 0.1) is 53.4 Å². The molecule has 0 saturated carbocycles. The Balaban J connectivity index is 2.25. The number of likely N-dealkylation sites (N-methyl/N-ethyl adjacent to an activating group) is 1. The van der Waals surface area contributed by atoms with E-state index in [2.05, 4.69) is 5.16 Å². The number of ether oxygens (including phenoxy) is 8. The number of rotatable bonds is 14. The van der Waals surface area contributed by atoms with Crippen molar-refractivity contribution in [1.29, 1.82) is 0 Å². The van der Waals surface area contributed by atoms with E-state index in [4.69, 9.17) is 42.7 Å². The van der Waals surface area contributed by atoms with Crippen LogP contribution < -0.4 is 0 Å². The van der Waals surface area contributed by atoms with Crippen molar-refractivity contribution in [2.45, 2.75) is 199 Å². The van der Waals surface area contributed by atoms with Crippen molar-refractivity contribution in [2.24, 2.45) is 28.8 Å². The first-order chi connectivity index (χ1) is 27.9. The van der Waals surface area contributed by atoms with Crippen LogP contribution in [-0.2, 0) is 47.5 Å². The normalized spacial score (nSPS) is 44.8. The van der Waals surface area contributed by atoms with Crippen LogP contribution in [0, 0.1) is 23.7 Å². The van der Waals surface area contributed by atoms with E-state index in [1.807, 2.05) is 46.7 Å². The van der Waals surface area contributed by atoms with Crippen LogP contribution in [0.15, 0.2) is 5.16 Å². The summed E-state index contributed by atoms with van der Waals surface area (Å²) in [4.78, 5) is 22.1. The Labute approximate surface area is 358 Å². The van der Waals surface area contributed by atoms with Crippen molar-refractivity contribution in [3.8, 4) is 0 Å². The van der Waals surface area contributed by atoms with E-state index in [0.29, 0.717) is 25.3 Å². The lowest BCUT2D eigenvalue weighted by atomic mass is 9.73. The molecule has 0 aromatic heterocycles. The van der Waals surface area contributed by atoms with Crippen molar-refractivity contribution < 1.29 is 73.1 Å². The second-order valence-corrected chi connectivity index (χ2v) is 18.2. The summed E-state index contributed by atoms with van der Waals surface area (Å²) in [7, 11) is 5.22. The van der Waals surface area contributed by atoms with Gasteiger partial charge in [-0.2, -0.15) is 0 Å². The van der Waals surface area contributed by atoms with E-state index >= 15 is 0 Å². The highest BCUT2D eigenvalue weighted by Gasteiger charge is 2.53. The Bertz CT molecular complexity index is 1350. The lowest BCUT2D eigenvalue weighted by Gasteiger charge is -2.49. The average molecular weight is 865 g/mol. The number of esters is 1. The number of cyclic esters (lactones) is 1. The minimum Gasteiger partial charge on any atom is -0.459 e. The van der Waals surface area contributed by atoms with Crippen LogP contribution >= 0.6 is 0 Å². The number of aliphatic hydroxyl groups excluding tert-OH is 3. The number of carbonyl (C=O) groups excluding carboxylic acids is 1. The van der Waals surface area contributed by atoms with Crippen LogP contribution in [0.2, 0.25) is 0 Å². The van der Waals surface area contributed by atoms with Gasteiger partial charge < -0.3 is 73.2 Å². The van der Waals surface area contributed by atoms with Gasteiger partial charge in [0.15, 0.2) is 25.5 Å². The molecule has 18 atom stereocenters. The molecule has 3 heterocycles. The molecule has 3 saturated heterocycles. The van der Waals surface area contributed by atoms with Crippen LogP contribution in [0.5, 0.6) is 0 Å². The number of carbonyl (C=O) groups is 1. The van der Waals surface area contributed by atoms with Crippen molar-refractivity contribution in [1.82, 2.24) is 4.90 Å². The smallest absolute Gasteiger partial charge is 0.311 e. The van der Waals surface area contributed by atoms with E-state index in [9.17, 15) is 30.3 Å². The van der Waals surface area contributed by atoms with E-state index in [1.54, 1.807) is 48.5 Å². The fraction of sp³-hybridized carbons (Fsp3) is 0.953. The lowest BCUT2D eigenvalue weighted by molar-refractivity contribution is -0.317. The van der Waals surface area contributed by atoms with E-state index in [0.717, 1.165) is 0 Å². The van der Waals surface area contributed by atoms with Crippen LogP contribution in [-0.4, -0.2) is 174 Å². The van der Waals surface area contributed by atoms with Crippen LogP contribution in [0.3, 0.4) is 0 Å². The molecule has 0 aliphatic carbocycles. The summed E-state index contributed by atoms with van der Waals surface area (Å²) < 4.78 is 49.1. The molecule has 3 rings (SSSR count).